The molecule has 0 aromatic carbocycles. The van der Waals surface area contributed by atoms with Gasteiger partial charge in [0.15, 0.2) is 0 Å². The number of β-amino-alcohol motifs (C(OH)–C–C–N with tert-alkyl or cyclic N) is 1. The number of aliphatic hydroxyl groups excluding tert-OH is 1. The molecular weight excluding hydrogens is 248 g/mol. The number of hydrogen-bond acceptors (Lipinski definition) is 3. The standard InChI is InChI=1S/C17H34N2O/c1-3-18-14(2)16-8-10-19(11-9-16)13-17(20)12-15-6-4-5-7-15/h14-18,20H,3-13H2,1-2H3. The van der Waals surface area contributed by atoms with E-state index >= 15 is 0 Å². The maximum Gasteiger partial charge on any atom is 0.0669 e. The van der Waals surface area contributed by atoms with Gasteiger partial charge in [0.25, 0.3) is 0 Å². The zero-order valence-electron chi connectivity index (χ0n) is 13.5. The molecule has 0 aromatic heterocycles. The minimum atomic E-state index is -0.0964. The highest BCUT2D eigenvalue weighted by atomic mass is 16.3. The van der Waals surface area contributed by atoms with E-state index in [4.69, 9.17) is 0 Å². The number of nitrogens with zero attached hydrogens (tertiary/aromatic N) is 1. The SMILES string of the molecule is CCNC(C)C1CCN(CC(O)CC2CCCC2)CC1. The van der Waals surface area contributed by atoms with Gasteiger partial charge in [0.05, 0.1) is 6.10 Å². The lowest BCUT2D eigenvalue weighted by Crippen LogP contribution is -2.44. The molecule has 1 aliphatic carbocycles. The molecule has 1 heterocycles. The molecule has 2 atom stereocenters. The van der Waals surface area contributed by atoms with Crippen LogP contribution in [0.4, 0.5) is 0 Å². The van der Waals surface area contributed by atoms with Gasteiger partial charge in [0, 0.05) is 12.6 Å². The van der Waals surface area contributed by atoms with E-state index in [1.807, 2.05) is 0 Å². The van der Waals surface area contributed by atoms with Crippen LogP contribution in [-0.2, 0) is 0 Å². The van der Waals surface area contributed by atoms with E-state index in [1.165, 1.54) is 51.6 Å². The van der Waals surface area contributed by atoms with Crippen LogP contribution in [0.5, 0.6) is 0 Å². The summed E-state index contributed by atoms with van der Waals surface area (Å²) in [5.74, 6) is 1.62. The minimum absolute atomic E-state index is 0.0964. The molecule has 0 bridgehead atoms. The van der Waals surface area contributed by atoms with Crippen molar-refractivity contribution < 1.29 is 5.11 Å². The summed E-state index contributed by atoms with van der Waals surface area (Å²) in [6.45, 7) is 8.81. The molecule has 1 saturated carbocycles. The largest absolute Gasteiger partial charge is 0.392 e. The zero-order chi connectivity index (χ0) is 14.4. The van der Waals surface area contributed by atoms with Gasteiger partial charge in [-0.15, -0.1) is 0 Å². The quantitative estimate of drug-likeness (QED) is 0.753. The molecule has 0 spiro atoms. The molecule has 3 heteroatoms. The predicted molar refractivity (Wildman–Crippen MR) is 84.9 cm³/mol. The molecule has 2 aliphatic rings. The van der Waals surface area contributed by atoms with Crippen LogP contribution in [0.3, 0.4) is 0 Å². The fourth-order valence-electron chi connectivity index (χ4n) is 4.13. The first-order chi connectivity index (χ1) is 9.69. The van der Waals surface area contributed by atoms with Crippen molar-refractivity contribution in [2.75, 3.05) is 26.2 Å². The summed E-state index contributed by atoms with van der Waals surface area (Å²) >= 11 is 0. The Hall–Kier alpha value is -0.120. The van der Waals surface area contributed by atoms with Gasteiger partial charge in [0.1, 0.15) is 0 Å². The highest BCUT2D eigenvalue weighted by Gasteiger charge is 2.25. The maximum absolute atomic E-state index is 10.3. The second-order valence-electron chi connectivity index (χ2n) is 7.02. The second-order valence-corrected chi connectivity index (χ2v) is 7.02. The molecular formula is C17H34N2O. The number of rotatable bonds is 7. The Bertz CT molecular complexity index is 258. The van der Waals surface area contributed by atoms with Crippen molar-refractivity contribution in [2.24, 2.45) is 11.8 Å². The van der Waals surface area contributed by atoms with Crippen LogP contribution in [0.1, 0.15) is 58.8 Å². The summed E-state index contributed by atoms with van der Waals surface area (Å²) in [5, 5.41) is 13.8. The molecule has 2 N–H and O–H groups in total. The van der Waals surface area contributed by atoms with Crippen molar-refractivity contribution in [3.8, 4) is 0 Å². The third kappa shape index (κ3) is 5.01. The normalized spacial score (nSPS) is 25.9. The zero-order valence-corrected chi connectivity index (χ0v) is 13.5. The molecule has 0 aromatic rings. The van der Waals surface area contributed by atoms with Crippen LogP contribution in [0.15, 0.2) is 0 Å². The van der Waals surface area contributed by atoms with Crippen molar-refractivity contribution in [1.82, 2.24) is 10.2 Å². The molecule has 0 amide bonds. The molecule has 118 valence electrons. The van der Waals surface area contributed by atoms with E-state index in [2.05, 4.69) is 24.1 Å². The fourth-order valence-corrected chi connectivity index (χ4v) is 4.13. The number of nitrogens with one attached hydrogen (secondary N) is 1. The van der Waals surface area contributed by atoms with Crippen LogP contribution < -0.4 is 5.32 Å². The topological polar surface area (TPSA) is 35.5 Å². The summed E-state index contributed by atoms with van der Waals surface area (Å²) in [5.41, 5.74) is 0. The molecule has 2 rings (SSSR count). The Morgan fingerprint density at radius 2 is 1.80 bits per heavy atom. The third-order valence-electron chi connectivity index (χ3n) is 5.41. The van der Waals surface area contributed by atoms with E-state index in [0.29, 0.717) is 6.04 Å². The summed E-state index contributed by atoms with van der Waals surface area (Å²) in [6.07, 6.45) is 8.96. The van der Waals surface area contributed by atoms with Gasteiger partial charge in [-0.1, -0.05) is 32.6 Å². The number of piperidine rings is 1. The van der Waals surface area contributed by atoms with Crippen LogP contribution in [0.25, 0.3) is 0 Å². The summed E-state index contributed by atoms with van der Waals surface area (Å²) in [4.78, 5) is 2.48. The molecule has 2 fully saturated rings. The smallest absolute Gasteiger partial charge is 0.0669 e. The van der Waals surface area contributed by atoms with Gasteiger partial charge >= 0.3 is 0 Å². The average Bonchev–Trinajstić information content (AvgIpc) is 2.92. The third-order valence-corrected chi connectivity index (χ3v) is 5.41. The molecule has 2 unspecified atom stereocenters. The highest BCUT2D eigenvalue weighted by molar-refractivity contribution is 4.81. The van der Waals surface area contributed by atoms with Gasteiger partial charge in [-0.3, -0.25) is 0 Å². The van der Waals surface area contributed by atoms with Gasteiger partial charge in [-0.2, -0.15) is 0 Å². The van der Waals surface area contributed by atoms with Crippen molar-refractivity contribution >= 4 is 0 Å². The van der Waals surface area contributed by atoms with Crippen LogP contribution in [0.2, 0.25) is 0 Å². The average molecular weight is 282 g/mol. The first kappa shape index (κ1) is 16.3. The summed E-state index contributed by atoms with van der Waals surface area (Å²) in [7, 11) is 0. The van der Waals surface area contributed by atoms with E-state index in [0.717, 1.165) is 31.3 Å². The van der Waals surface area contributed by atoms with E-state index in [1.54, 1.807) is 0 Å². The molecule has 1 aliphatic heterocycles. The maximum atomic E-state index is 10.3. The monoisotopic (exact) mass is 282 g/mol. The van der Waals surface area contributed by atoms with E-state index < -0.39 is 0 Å². The summed E-state index contributed by atoms with van der Waals surface area (Å²) in [6, 6.07) is 0.644. The first-order valence-electron chi connectivity index (χ1n) is 8.82. The Morgan fingerprint density at radius 1 is 1.15 bits per heavy atom. The van der Waals surface area contributed by atoms with Crippen LogP contribution >= 0.6 is 0 Å². The molecule has 0 radical (unpaired) electrons. The Balaban J connectivity index is 1.63. The first-order valence-corrected chi connectivity index (χ1v) is 8.82. The number of hydrogen-bond donors (Lipinski definition) is 2. The predicted octanol–water partition coefficient (Wildman–Crippen LogP) is 2.64. The summed E-state index contributed by atoms with van der Waals surface area (Å²) < 4.78 is 0. The van der Waals surface area contributed by atoms with Crippen molar-refractivity contribution in [3.05, 3.63) is 0 Å². The Kier molecular flexibility index (Phi) is 6.79. The van der Waals surface area contributed by atoms with E-state index in [9.17, 15) is 5.11 Å². The Morgan fingerprint density at radius 3 is 2.40 bits per heavy atom. The Labute approximate surface area is 125 Å². The van der Waals surface area contributed by atoms with Gasteiger partial charge < -0.3 is 15.3 Å². The minimum Gasteiger partial charge on any atom is -0.392 e. The van der Waals surface area contributed by atoms with Crippen LogP contribution in [-0.4, -0.2) is 48.3 Å². The van der Waals surface area contributed by atoms with Gasteiger partial charge in [-0.25, -0.2) is 0 Å². The highest BCUT2D eigenvalue weighted by Crippen LogP contribution is 2.29. The lowest BCUT2D eigenvalue weighted by Gasteiger charge is -2.36. The van der Waals surface area contributed by atoms with Gasteiger partial charge in [0.2, 0.25) is 0 Å². The van der Waals surface area contributed by atoms with E-state index in [-0.39, 0.29) is 6.10 Å². The molecule has 20 heavy (non-hydrogen) atoms. The fraction of sp³-hybridized carbons (Fsp3) is 1.00. The van der Waals surface area contributed by atoms with Crippen molar-refractivity contribution in [1.29, 1.82) is 0 Å². The number of likely N-dealkylation sites (tertiary alicyclic amines) is 1. The van der Waals surface area contributed by atoms with Crippen molar-refractivity contribution in [3.63, 3.8) is 0 Å². The number of aliphatic hydroxyl groups is 1. The lowest BCUT2D eigenvalue weighted by molar-refractivity contribution is 0.0691. The second kappa shape index (κ2) is 8.35. The van der Waals surface area contributed by atoms with Crippen molar-refractivity contribution in [2.45, 2.75) is 70.9 Å². The lowest BCUT2D eigenvalue weighted by atomic mass is 9.90. The molecule has 1 saturated heterocycles. The molecule has 3 nitrogen and oxygen atoms in total. The van der Waals surface area contributed by atoms with Gasteiger partial charge in [-0.05, 0) is 57.7 Å². The van der Waals surface area contributed by atoms with Crippen LogP contribution in [0, 0.1) is 11.8 Å².